The van der Waals surface area contributed by atoms with E-state index in [1.165, 1.54) is 13.5 Å². The quantitative estimate of drug-likeness (QED) is 0.204. The number of carbonyl (C=O) groups excluding carboxylic acids is 2. The minimum absolute atomic E-state index is 0.0198. The monoisotopic (exact) mass is 581 g/mol. The lowest BCUT2D eigenvalue weighted by molar-refractivity contribution is -0.124. The summed E-state index contributed by atoms with van der Waals surface area (Å²) in [7, 11) is 1.50. The molecule has 0 radical (unpaired) electrons. The van der Waals surface area contributed by atoms with Crippen molar-refractivity contribution in [2.24, 2.45) is 29.6 Å². The Kier molecular flexibility index (Phi) is 11.9. The maximum atomic E-state index is 13.4. The first-order valence-corrected chi connectivity index (χ1v) is 16.2. The molecule has 7 nitrogen and oxygen atoms in total. The van der Waals surface area contributed by atoms with Crippen molar-refractivity contribution >= 4 is 11.6 Å². The van der Waals surface area contributed by atoms with Crippen LogP contribution >= 0.6 is 0 Å². The van der Waals surface area contributed by atoms with Gasteiger partial charge in [0.2, 0.25) is 0 Å². The number of Topliss-reactive ketones (excluding diaryl/α,β-unsaturated/α-hetero) is 2. The molecule has 7 heteroatoms. The van der Waals surface area contributed by atoms with Gasteiger partial charge < -0.3 is 25.4 Å². The first kappa shape index (κ1) is 32.5. The number of hydrogen-bond donors (Lipinski definition) is 4. The molecule has 1 aliphatic heterocycles. The molecule has 42 heavy (non-hydrogen) atoms. The highest BCUT2D eigenvalue weighted by Crippen LogP contribution is 2.39. The molecule has 0 aromatic heterocycles. The number of aliphatic hydroxyl groups is 2. The number of rotatable bonds is 12. The molecule has 2 aliphatic carbocycles. The number of aromatic hydroxyl groups is 1. The number of phenols is 1. The van der Waals surface area contributed by atoms with Crippen molar-refractivity contribution in [1.29, 1.82) is 0 Å². The van der Waals surface area contributed by atoms with Crippen molar-refractivity contribution in [1.82, 2.24) is 5.32 Å². The van der Waals surface area contributed by atoms with Gasteiger partial charge in [-0.25, -0.2) is 0 Å². The van der Waals surface area contributed by atoms with E-state index >= 15 is 0 Å². The number of aliphatic hydroxyl groups excluding tert-OH is 2. The van der Waals surface area contributed by atoms with E-state index in [0.717, 1.165) is 62.6 Å². The molecule has 2 fully saturated rings. The Bertz CT molecular complexity index is 1140. The zero-order valence-electron chi connectivity index (χ0n) is 25.7. The van der Waals surface area contributed by atoms with Crippen LogP contribution in [0.4, 0.5) is 0 Å². The first-order chi connectivity index (χ1) is 20.2. The summed E-state index contributed by atoms with van der Waals surface area (Å²) >= 11 is 0. The molecule has 1 aromatic rings. The maximum Gasteiger partial charge on any atom is 0.160 e. The predicted octanol–water partition coefficient (Wildman–Crippen LogP) is 4.93. The molecule has 7 atom stereocenters. The van der Waals surface area contributed by atoms with Gasteiger partial charge in [-0.2, -0.15) is 0 Å². The van der Waals surface area contributed by atoms with E-state index in [0.29, 0.717) is 54.6 Å². The van der Waals surface area contributed by atoms with Crippen LogP contribution in [0, 0.1) is 41.4 Å². The second kappa shape index (κ2) is 15.4. The number of ketones is 2. The van der Waals surface area contributed by atoms with E-state index in [1.54, 1.807) is 12.1 Å². The van der Waals surface area contributed by atoms with Crippen molar-refractivity contribution in [3.63, 3.8) is 0 Å². The molecule has 3 aliphatic rings. The minimum atomic E-state index is -0.837. The van der Waals surface area contributed by atoms with Crippen molar-refractivity contribution in [2.45, 2.75) is 109 Å². The van der Waals surface area contributed by atoms with E-state index in [1.807, 2.05) is 0 Å². The van der Waals surface area contributed by atoms with E-state index in [-0.39, 0.29) is 36.4 Å². The van der Waals surface area contributed by atoms with Gasteiger partial charge in [-0.15, -0.1) is 0 Å². The summed E-state index contributed by atoms with van der Waals surface area (Å²) in [4.78, 5) is 25.1. The van der Waals surface area contributed by atoms with Crippen molar-refractivity contribution < 1.29 is 29.6 Å². The average molecular weight is 582 g/mol. The zero-order valence-corrected chi connectivity index (χ0v) is 25.7. The summed E-state index contributed by atoms with van der Waals surface area (Å²) < 4.78 is 5.35. The summed E-state index contributed by atoms with van der Waals surface area (Å²) in [6, 6.07) is 3.82. The van der Waals surface area contributed by atoms with E-state index in [9.17, 15) is 24.9 Å². The molecule has 0 spiro atoms. The Balaban J connectivity index is 1.42. The van der Waals surface area contributed by atoms with Crippen LogP contribution < -0.4 is 10.1 Å². The summed E-state index contributed by atoms with van der Waals surface area (Å²) in [5, 5.41) is 35.8. The number of fused-ring (bicyclic) bond motifs is 2. The van der Waals surface area contributed by atoms with Gasteiger partial charge >= 0.3 is 0 Å². The Labute approximate surface area is 251 Å². The van der Waals surface area contributed by atoms with Gasteiger partial charge in [-0.05, 0) is 92.0 Å². The number of ether oxygens (including phenoxy) is 1. The SMILES string of the molecule is COc1cc2c(cc1O)[C@H]([C@H](CO)CCC(C)C)C#C[C@H]([C@H](O)CCCC[C@@H]1CN[C@@H]3CC(=O)CC[C@H]3C1)C(=O)CC2. The Morgan fingerprint density at radius 1 is 1.05 bits per heavy atom. The van der Waals surface area contributed by atoms with E-state index in [2.05, 4.69) is 31.0 Å². The van der Waals surface area contributed by atoms with Crippen LogP contribution in [0.5, 0.6) is 11.5 Å². The number of hydrogen-bond acceptors (Lipinski definition) is 7. The highest BCUT2D eigenvalue weighted by Gasteiger charge is 2.35. The number of aryl methyl sites for hydroxylation is 1. The van der Waals surface area contributed by atoms with Crippen molar-refractivity contribution in [3.8, 4) is 23.3 Å². The number of benzene rings is 1. The van der Waals surface area contributed by atoms with Gasteiger partial charge in [0.1, 0.15) is 11.7 Å². The maximum absolute atomic E-state index is 13.4. The third-order valence-corrected chi connectivity index (χ3v) is 9.84. The zero-order chi connectivity index (χ0) is 30.2. The van der Waals surface area contributed by atoms with Gasteiger partial charge in [0, 0.05) is 31.9 Å². The van der Waals surface area contributed by atoms with Crippen LogP contribution in [0.2, 0.25) is 0 Å². The van der Waals surface area contributed by atoms with Crippen LogP contribution in [0.15, 0.2) is 12.1 Å². The smallest absolute Gasteiger partial charge is 0.160 e. The van der Waals surface area contributed by atoms with Gasteiger partial charge in [0.15, 0.2) is 17.3 Å². The first-order valence-electron chi connectivity index (χ1n) is 16.2. The fourth-order valence-corrected chi connectivity index (χ4v) is 7.23. The Hall–Kier alpha value is -2.40. The normalized spacial score (nSPS) is 27.5. The number of piperidine rings is 1. The number of unbranched alkanes of at least 4 members (excludes halogenated alkanes) is 1. The number of phenolic OH excluding ortho intramolecular Hbond substituents is 1. The number of methoxy groups -OCH3 is 1. The second-order valence-corrected chi connectivity index (χ2v) is 13.4. The molecule has 232 valence electrons. The molecule has 4 rings (SSSR count). The molecule has 0 unspecified atom stereocenters. The van der Waals surface area contributed by atoms with Crippen LogP contribution in [0.3, 0.4) is 0 Å². The largest absolute Gasteiger partial charge is 0.504 e. The molecular weight excluding hydrogens is 530 g/mol. The highest BCUT2D eigenvalue weighted by molar-refractivity contribution is 5.85. The topological polar surface area (TPSA) is 116 Å². The molecule has 1 heterocycles. The summed E-state index contributed by atoms with van der Waals surface area (Å²) in [5.74, 6) is 7.56. The van der Waals surface area contributed by atoms with Crippen LogP contribution in [-0.4, -0.2) is 59.3 Å². The fourth-order valence-electron chi connectivity index (χ4n) is 7.23. The molecule has 0 bridgehead atoms. The molecule has 1 aromatic carbocycles. The Morgan fingerprint density at radius 3 is 2.57 bits per heavy atom. The second-order valence-electron chi connectivity index (χ2n) is 13.4. The molecule has 1 saturated carbocycles. The lowest BCUT2D eigenvalue weighted by Gasteiger charge is -2.39. The predicted molar refractivity (Wildman–Crippen MR) is 163 cm³/mol. The van der Waals surface area contributed by atoms with Gasteiger partial charge in [0.05, 0.1) is 19.1 Å². The third kappa shape index (κ3) is 8.36. The van der Waals surface area contributed by atoms with E-state index in [4.69, 9.17) is 4.74 Å². The van der Waals surface area contributed by atoms with Crippen LogP contribution in [0.25, 0.3) is 0 Å². The third-order valence-electron chi connectivity index (χ3n) is 9.84. The van der Waals surface area contributed by atoms with Crippen molar-refractivity contribution in [2.75, 3.05) is 20.3 Å². The fraction of sp³-hybridized carbons (Fsp3) is 0.714. The number of carbonyl (C=O) groups is 2. The minimum Gasteiger partial charge on any atom is -0.504 e. The molecule has 1 saturated heterocycles. The van der Waals surface area contributed by atoms with Crippen molar-refractivity contribution in [3.05, 3.63) is 23.3 Å². The van der Waals surface area contributed by atoms with E-state index < -0.39 is 12.0 Å². The van der Waals surface area contributed by atoms with Crippen LogP contribution in [-0.2, 0) is 16.0 Å². The lowest BCUT2D eigenvalue weighted by atomic mass is 9.74. The van der Waals surface area contributed by atoms with Gasteiger partial charge in [-0.3, -0.25) is 9.59 Å². The molecule has 4 N–H and O–H groups in total. The lowest BCUT2D eigenvalue weighted by Crippen LogP contribution is -2.48. The van der Waals surface area contributed by atoms with Crippen LogP contribution in [0.1, 0.15) is 102 Å². The van der Waals surface area contributed by atoms with Gasteiger partial charge in [0.25, 0.3) is 0 Å². The summed E-state index contributed by atoms with van der Waals surface area (Å²) in [6.45, 7) is 5.21. The Morgan fingerprint density at radius 2 is 1.83 bits per heavy atom. The average Bonchev–Trinajstić information content (AvgIpc) is 3.03. The standard InChI is InChI=1S/C35H51NO6/c1-22(2)8-9-26(21-37)28-13-14-29(33(40)15-11-24-17-35(42-3)34(41)19-30(24)28)32(39)7-5-4-6-23-16-25-10-12-27(38)18-31(25)36-20-23/h17,19,22-23,25-26,28-29,31-32,36-37,39,41H,4-12,15-16,18,20-21H2,1-3H3/t23-,25-,26-,28-,29+,31+,32+/m0/s1. The molecular formula is C35H51NO6. The highest BCUT2D eigenvalue weighted by atomic mass is 16.5. The summed E-state index contributed by atoms with van der Waals surface area (Å²) in [5.41, 5.74) is 1.72. The summed E-state index contributed by atoms with van der Waals surface area (Å²) in [6.07, 6.45) is 8.57. The number of nitrogens with one attached hydrogen (secondary N) is 1. The molecule has 0 amide bonds. The van der Waals surface area contributed by atoms with Gasteiger partial charge in [-0.1, -0.05) is 45.0 Å².